The first-order valence-corrected chi connectivity index (χ1v) is 10.0. The summed E-state index contributed by atoms with van der Waals surface area (Å²) in [5.74, 6) is -0.416. The van der Waals surface area contributed by atoms with E-state index in [-0.39, 0.29) is 29.6 Å². The zero-order valence-electron chi connectivity index (χ0n) is 15.8. The minimum Gasteiger partial charge on any atom is -0.482 e. The van der Waals surface area contributed by atoms with E-state index in [0.29, 0.717) is 11.4 Å². The van der Waals surface area contributed by atoms with Crippen LogP contribution in [-0.2, 0) is 19.6 Å². The molecule has 2 amide bonds. The minimum absolute atomic E-state index is 0.0430. The lowest BCUT2D eigenvalue weighted by Crippen LogP contribution is -2.35. The highest BCUT2D eigenvalue weighted by Crippen LogP contribution is 2.30. The Bertz CT molecular complexity index is 1050. The maximum atomic E-state index is 12.8. The van der Waals surface area contributed by atoms with Crippen LogP contribution in [0.3, 0.4) is 0 Å². The fraction of sp³-hybridized carbons (Fsp3) is 0.263. The summed E-state index contributed by atoms with van der Waals surface area (Å²) in [6.45, 7) is 3.43. The molecule has 0 radical (unpaired) electrons. The zero-order valence-corrected chi connectivity index (χ0v) is 16.6. The molecule has 2 N–H and O–H groups in total. The summed E-state index contributed by atoms with van der Waals surface area (Å²) in [6, 6.07) is 9.65. The predicted octanol–water partition coefficient (Wildman–Crippen LogP) is 1.89. The second kappa shape index (κ2) is 7.61. The minimum atomic E-state index is -3.93. The Morgan fingerprint density at radius 3 is 2.64 bits per heavy atom. The number of sulfonamides is 1. The molecular formula is C19H21N3O5S. The van der Waals surface area contributed by atoms with Gasteiger partial charge >= 0.3 is 0 Å². The van der Waals surface area contributed by atoms with E-state index < -0.39 is 15.9 Å². The molecule has 1 aliphatic rings. The molecule has 0 saturated heterocycles. The number of rotatable bonds is 5. The van der Waals surface area contributed by atoms with Gasteiger partial charge in [0.2, 0.25) is 15.9 Å². The Morgan fingerprint density at radius 2 is 1.93 bits per heavy atom. The van der Waals surface area contributed by atoms with Crippen LogP contribution in [0.5, 0.6) is 5.75 Å². The van der Waals surface area contributed by atoms with E-state index in [0.717, 1.165) is 15.4 Å². The number of amides is 2. The first-order valence-electron chi connectivity index (χ1n) is 8.57. The number of nitrogens with one attached hydrogen (secondary N) is 2. The highest BCUT2D eigenvalue weighted by Gasteiger charge is 2.26. The molecule has 28 heavy (non-hydrogen) atoms. The van der Waals surface area contributed by atoms with E-state index in [1.165, 1.54) is 25.2 Å². The summed E-state index contributed by atoms with van der Waals surface area (Å²) in [6.07, 6.45) is 0. The van der Waals surface area contributed by atoms with Crippen molar-refractivity contribution in [2.45, 2.75) is 18.7 Å². The lowest BCUT2D eigenvalue weighted by molar-refractivity contribution is -0.118. The van der Waals surface area contributed by atoms with Crippen molar-refractivity contribution >= 4 is 33.2 Å². The SMILES string of the molecule is Cc1ccc(NC(=O)CN(C)S(=O)(=O)c2ccc3c(c2)NC(=O)CO3)cc1C. The van der Waals surface area contributed by atoms with Gasteiger partial charge < -0.3 is 15.4 Å². The highest BCUT2D eigenvalue weighted by atomic mass is 32.2. The van der Waals surface area contributed by atoms with Crippen molar-refractivity contribution in [3.8, 4) is 5.75 Å². The number of fused-ring (bicyclic) bond motifs is 1. The number of likely N-dealkylation sites (N-methyl/N-ethyl adjacent to an activating group) is 1. The summed E-state index contributed by atoms with van der Waals surface area (Å²) >= 11 is 0. The number of hydrogen-bond acceptors (Lipinski definition) is 5. The Labute approximate surface area is 163 Å². The van der Waals surface area contributed by atoms with Gasteiger partial charge in [0, 0.05) is 12.7 Å². The van der Waals surface area contributed by atoms with Crippen LogP contribution in [0, 0.1) is 13.8 Å². The molecule has 1 aliphatic heterocycles. The van der Waals surface area contributed by atoms with E-state index in [2.05, 4.69) is 10.6 Å². The van der Waals surface area contributed by atoms with E-state index in [1.807, 2.05) is 26.0 Å². The molecule has 0 bridgehead atoms. The third-order valence-corrected chi connectivity index (χ3v) is 6.25. The molecule has 0 fully saturated rings. The Balaban J connectivity index is 1.73. The fourth-order valence-electron chi connectivity index (χ4n) is 2.71. The molecule has 3 rings (SSSR count). The van der Waals surface area contributed by atoms with Gasteiger partial charge in [-0.25, -0.2) is 8.42 Å². The van der Waals surface area contributed by atoms with Crippen molar-refractivity contribution < 1.29 is 22.7 Å². The standard InChI is InChI=1S/C19H21N3O5S/c1-12-4-5-14(8-13(12)2)20-18(23)10-22(3)28(25,26)15-6-7-17-16(9-15)21-19(24)11-27-17/h4-9H,10-11H2,1-3H3,(H,20,23)(H,21,24). The Morgan fingerprint density at radius 1 is 1.18 bits per heavy atom. The maximum absolute atomic E-state index is 12.8. The van der Waals surface area contributed by atoms with Crippen LogP contribution in [-0.4, -0.2) is 44.7 Å². The molecule has 8 nitrogen and oxygen atoms in total. The number of benzene rings is 2. The maximum Gasteiger partial charge on any atom is 0.262 e. The van der Waals surface area contributed by atoms with Crippen LogP contribution in [0.25, 0.3) is 0 Å². The van der Waals surface area contributed by atoms with Crippen molar-refractivity contribution in [2.75, 3.05) is 30.8 Å². The molecule has 0 aliphatic carbocycles. The summed E-state index contributed by atoms with van der Waals surface area (Å²) in [4.78, 5) is 23.7. The van der Waals surface area contributed by atoms with Gasteiger partial charge in [0.1, 0.15) is 5.75 Å². The van der Waals surface area contributed by atoms with Gasteiger partial charge in [0.05, 0.1) is 17.1 Å². The highest BCUT2D eigenvalue weighted by molar-refractivity contribution is 7.89. The third kappa shape index (κ3) is 4.15. The Hall–Kier alpha value is -2.91. The largest absolute Gasteiger partial charge is 0.482 e. The molecule has 0 unspecified atom stereocenters. The van der Waals surface area contributed by atoms with Gasteiger partial charge in [-0.3, -0.25) is 9.59 Å². The number of ether oxygens (including phenoxy) is 1. The van der Waals surface area contributed by atoms with E-state index in [1.54, 1.807) is 6.07 Å². The van der Waals surface area contributed by atoms with Crippen LogP contribution in [0.1, 0.15) is 11.1 Å². The number of anilines is 2. The predicted molar refractivity (Wildman–Crippen MR) is 105 cm³/mol. The van der Waals surface area contributed by atoms with Crippen molar-refractivity contribution in [1.82, 2.24) is 4.31 Å². The first-order chi connectivity index (χ1) is 13.2. The van der Waals surface area contributed by atoms with Gasteiger partial charge in [0.25, 0.3) is 5.91 Å². The summed E-state index contributed by atoms with van der Waals surface area (Å²) in [5.41, 5.74) is 3.01. The van der Waals surface area contributed by atoms with Crippen LogP contribution in [0.4, 0.5) is 11.4 Å². The normalized spacial score (nSPS) is 13.5. The van der Waals surface area contributed by atoms with Crippen molar-refractivity contribution in [3.05, 3.63) is 47.5 Å². The average molecular weight is 403 g/mol. The van der Waals surface area contributed by atoms with Crippen molar-refractivity contribution in [3.63, 3.8) is 0 Å². The fourth-order valence-corrected chi connectivity index (χ4v) is 3.86. The molecular weight excluding hydrogens is 382 g/mol. The zero-order chi connectivity index (χ0) is 20.5. The molecule has 9 heteroatoms. The lowest BCUT2D eigenvalue weighted by atomic mass is 10.1. The van der Waals surface area contributed by atoms with Crippen LogP contribution in [0.15, 0.2) is 41.3 Å². The van der Waals surface area contributed by atoms with E-state index in [4.69, 9.17) is 4.74 Å². The van der Waals surface area contributed by atoms with E-state index >= 15 is 0 Å². The number of nitrogens with zero attached hydrogens (tertiary/aromatic N) is 1. The molecule has 2 aromatic carbocycles. The third-order valence-electron chi connectivity index (χ3n) is 4.45. The van der Waals surface area contributed by atoms with Gasteiger partial charge in [-0.1, -0.05) is 6.07 Å². The molecule has 1 heterocycles. The van der Waals surface area contributed by atoms with Crippen LogP contribution >= 0.6 is 0 Å². The Kier molecular flexibility index (Phi) is 5.39. The quantitative estimate of drug-likeness (QED) is 0.793. The average Bonchev–Trinajstić information content (AvgIpc) is 2.64. The molecule has 0 atom stereocenters. The summed E-state index contributed by atoms with van der Waals surface area (Å²) in [5, 5.41) is 5.27. The van der Waals surface area contributed by atoms with Crippen molar-refractivity contribution in [2.24, 2.45) is 0 Å². The van der Waals surface area contributed by atoms with Crippen LogP contribution in [0.2, 0.25) is 0 Å². The molecule has 0 spiro atoms. The molecule has 148 valence electrons. The second-order valence-electron chi connectivity index (χ2n) is 6.60. The smallest absolute Gasteiger partial charge is 0.262 e. The monoisotopic (exact) mass is 403 g/mol. The lowest BCUT2D eigenvalue weighted by Gasteiger charge is -2.21. The van der Waals surface area contributed by atoms with Gasteiger partial charge in [0.15, 0.2) is 6.61 Å². The molecule has 0 saturated carbocycles. The van der Waals surface area contributed by atoms with Gasteiger partial charge in [-0.2, -0.15) is 4.31 Å². The number of aryl methyl sites for hydroxylation is 2. The molecule has 2 aromatic rings. The summed E-state index contributed by atoms with van der Waals surface area (Å²) < 4.78 is 31.7. The van der Waals surface area contributed by atoms with Crippen molar-refractivity contribution in [1.29, 1.82) is 0 Å². The number of carbonyl (C=O) groups is 2. The van der Waals surface area contributed by atoms with Crippen LogP contribution < -0.4 is 15.4 Å². The first kappa shape index (κ1) is 19.8. The van der Waals surface area contributed by atoms with Gasteiger partial charge in [-0.05, 0) is 55.3 Å². The second-order valence-corrected chi connectivity index (χ2v) is 8.65. The topological polar surface area (TPSA) is 105 Å². The number of carbonyl (C=O) groups excluding carboxylic acids is 2. The molecule has 0 aromatic heterocycles. The number of hydrogen-bond donors (Lipinski definition) is 2. The summed E-state index contributed by atoms with van der Waals surface area (Å²) in [7, 11) is -2.60. The van der Waals surface area contributed by atoms with Gasteiger partial charge in [-0.15, -0.1) is 0 Å². The van der Waals surface area contributed by atoms with E-state index in [9.17, 15) is 18.0 Å².